The van der Waals surface area contributed by atoms with Gasteiger partial charge in [0.2, 0.25) is 0 Å². The third-order valence-electron chi connectivity index (χ3n) is 2.33. The summed E-state index contributed by atoms with van der Waals surface area (Å²) in [6.45, 7) is 9.70. The number of hydrogen-bond donors (Lipinski definition) is 1. The molecule has 0 amide bonds. The summed E-state index contributed by atoms with van der Waals surface area (Å²) in [4.78, 5) is 8.55. The molecule has 0 spiro atoms. The molecule has 4 nitrogen and oxygen atoms in total. The predicted octanol–water partition coefficient (Wildman–Crippen LogP) is 1.86. The fourth-order valence-electron chi connectivity index (χ4n) is 1.51. The van der Waals surface area contributed by atoms with E-state index in [1.54, 1.807) is 12.4 Å². The van der Waals surface area contributed by atoms with E-state index in [2.05, 4.69) is 22.2 Å². The Kier molecular flexibility index (Phi) is 5.35. The van der Waals surface area contributed by atoms with Crippen LogP contribution in [0.5, 0.6) is 0 Å². The van der Waals surface area contributed by atoms with Crippen molar-refractivity contribution < 1.29 is 4.74 Å². The lowest BCUT2D eigenvalue weighted by Gasteiger charge is -2.15. The molecule has 1 aromatic heterocycles. The summed E-state index contributed by atoms with van der Waals surface area (Å²) in [7, 11) is 0. The summed E-state index contributed by atoms with van der Waals surface area (Å²) in [5.74, 6) is 0. The fourth-order valence-corrected chi connectivity index (χ4v) is 1.51. The second-order valence-corrected chi connectivity index (χ2v) is 4.12. The van der Waals surface area contributed by atoms with Crippen molar-refractivity contribution in [2.24, 2.45) is 0 Å². The lowest BCUT2D eigenvalue weighted by Crippen LogP contribution is -2.25. The van der Waals surface area contributed by atoms with E-state index in [0.717, 1.165) is 24.5 Å². The van der Waals surface area contributed by atoms with Crippen LogP contribution in [-0.4, -0.2) is 29.2 Å². The highest BCUT2D eigenvalue weighted by Gasteiger charge is 2.09. The van der Waals surface area contributed by atoms with Gasteiger partial charge in [0.1, 0.15) is 0 Å². The van der Waals surface area contributed by atoms with Crippen LogP contribution in [0.2, 0.25) is 0 Å². The van der Waals surface area contributed by atoms with Crippen molar-refractivity contribution >= 4 is 0 Å². The number of nitrogens with zero attached hydrogens (tertiary/aromatic N) is 2. The van der Waals surface area contributed by atoms with E-state index >= 15 is 0 Å². The first-order chi connectivity index (χ1) is 7.61. The van der Waals surface area contributed by atoms with Gasteiger partial charge in [0, 0.05) is 25.0 Å². The molecular formula is C12H21N3O. The van der Waals surface area contributed by atoms with Crippen LogP contribution >= 0.6 is 0 Å². The Hall–Kier alpha value is -1.00. The molecule has 0 aliphatic heterocycles. The molecule has 1 rings (SSSR count). The van der Waals surface area contributed by atoms with Crippen molar-refractivity contribution in [2.75, 3.05) is 13.2 Å². The maximum Gasteiger partial charge on any atom is 0.0782 e. The highest BCUT2D eigenvalue weighted by molar-refractivity contribution is 5.12. The van der Waals surface area contributed by atoms with E-state index in [1.807, 2.05) is 20.8 Å². The van der Waals surface area contributed by atoms with E-state index in [4.69, 9.17) is 4.74 Å². The highest BCUT2D eigenvalue weighted by atomic mass is 16.5. The fraction of sp³-hybridized carbons (Fsp3) is 0.667. The molecule has 1 unspecified atom stereocenters. The Bertz CT molecular complexity index is 315. The Balaban J connectivity index is 2.35. The van der Waals surface area contributed by atoms with Gasteiger partial charge in [-0.1, -0.05) is 0 Å². The number of aryl methyl sites for hydroxylation is 1. The largest absolute Gasteiger partial charge is 0.377 e. The summed E-state index contributed by atoms with van der Waals surface area (Å²) < 4.78 is 5.46. The highest BCUT2D eigenvalue weighted by Crippen LogP contribution is 2.10. The van der Waals surface area contributed by atoms with Crippen molar-refractivity contribution in [3.05, 3.63) is 23.8 Å². The number of rotatable bonds is 6. The molecule has 0 aliphatic rings. The molecule has 1 N–H and O–H groups in total. The Morgan fingerprint density at radius 2 is 1.94 bits per heavy atom. The molecule has 90 valence electrons. The lowest BCUT2D eigenvalue weighted by molar-refractivity contribution is 0.0795. The summed E-state index contributed by atoms with van der Waals surface area (Å²) in [6, 6.07) is 0.212. The second kappa shape index (κ2) is 6.55. The maximum absolute atomic E-state index is 5.46. The van der Waals surface area contributed by atoms with Gasteiger partial charge in [-0.2, -0.15) is 0 Å². The number of hydrogen-bond acceptors (Lipinski definition) is 4. The molecule has 0 saturated carbocycles. The average molecular weight is 223 g/mol. The van der Waals surface area contributed by atoms with Gasteiger partial charge >= 0.3 is 0 Å². The quantitative estimate of drug-likeness (QED) is 0.748. The molecule has 1 aromatic rings. The van der Waals surface area contributed by atoms with Gasteiger partial charge in [0.25, 0.3) is 0 Å². The van der Waals surface area contributed by atoms with Gasteiger partial charge in [-0.3, -0.25) is 9.97 Å². The molecule has 0 saturated heterocycles. The van der Waals surface area contributed by atoms with Gasteiger partial charge in [0.05, 0.1) is 24.1 Å². The van der Waals surface area contributed by atoms with Crippen LogP contribution in [0.4, 0.5) is 0 Å². The molecule has 1 heterocycles. The summed E-state index contributed by atoms with van der Waals surface area (Å²) >= 11 is 0. The van der Waals surface area contributed by atoms with Crippen molar-refractivity contribution in [1.82, 2.24) is 15.3 Å². The van der Waals surface area contributed by atoms with Crippen LogP contribution in [0, 0.1) is 6.92 Å². The zero-order valence-corrected chi connectivity index (χ0v) is 10.5. The van der Waals surface area contributed by atoms with Crippen LogP contribution < -0.4 is 5.32 Å². The van der Waals surface area contributed by atoms with E-state index in [0.29, 0.717) is 0 Å². The van der Waals surface area contributed by atoms with Crippen LogP contribution in [0.1, 0.15) is 38.2 Å². The van der Waals surface area contributed by atoms with Crippen molar-refractivity contribution in [1.29, 1.82) is 0 Å². The van der Waals surface area contributed by atoms with Crippen molar-refractivity contribution in [3.63, 3.8) is 0 Å². The zero-order chi connectivity index (χ0) is 12.0. The Morgan fingerprint density at radius 3 is 2.56 bits per heavy atom. The molecule has 0 radical (unpaired) electrons. The molecule has 0 fully saturated rings. The first-order valence-electron chi connectivity index (χ1n) is 5.73. The van der Waals surface area contributed by atoms with E-state index in [1.165, 1.54) is 0 Å². The molecule has 1 atom stereocenters. The molecule has 0 aliphatic carbocycles. The first kappa shape index (κ1) is 13.1. The summed E-state index contributed by atoms with van der Waals surface area (Å²) in [5, 5.41) is 3.37. The molecular weight excluding hydrogens is 202 g/mol. The molecule has 16 heavy (non-hydrogen) atoms. The summed E-state index contributed by atoms with van der Waals surface area (Å²) in [6.07, 6.45) is 3.73. The van der Waals surface area contributed by atoms with Crippen LogP contribution in [0.3, 0.4) is 0 Å². The van der Waals surface area contributed by atoms with Crippen LogP contribution in [0.15, 0.2) is 12.4 Å². The Labute approximate surface area is 97.5 Å². The molecule has 4 heteroatoms. The van der Waals surface area contributed by atoms with E-state index in [-0.39, 0.29) is 12.1 Å². The number of aromatic nitrogens is 2. The SMILES string of the molecule is Cc1nccnc1C(C)NCCOC(C)C. The monoisotopic (exact) mass is 223 g/mol. The second-order valence-electron chi connectivity index (χ2n) is 4.12. The molecule has 0 bridgehead atoms. The standard InChI is InChI=1S/C12H21N3O/c1-9(2)16-8-7-14-11(4)12-10(3)13-5-6-15-12/h5-6,9,11,14H,7-8H2,1-4H3. The smallest absolute Gasteiger partial charge is 0.0782 e. The minimum Gasteiger partial charge on any atom is -0.377 e. The van der Waals surface area contributed by atoms with Crippen molar-refractivity contribution in [3.8, 4) is 0 Å². The third kappa shape index (κ3) is 4.24. The Morgan fingerprint density at radius 1 is 1.25 bits per heavy atom. The minimum absolute atomic E-state index is 0.212. The predicted molar refractivity (Wildman–Crippen MR) is 64.3 cm³/mol. The van der Waals surface area contributed by atoms with Gasteiger partial charge in [0.15, 0.2) is 0 Å². The summed E-state index contributed by atoms with van der Waals surface area (Å²) in [5.41, 5.74) is 1.99. The van der Waals surface area contributed by atoms with Gasteiger partial charge in [-0.25, -0.2) is 0 Å². The first-order valence-corrected chi connectivity index (χ1v) is 5.73. The van der Waals surface area contributed by atoms with Crippen LogP contribution in [-0.2, 0) is 4.74 Å². The van der Waals surface area contributed by atoms with Crippen LogP contribution in [0.25, 0.3) is 0 Å². The third-order valence-corrected chi connectivity index (χ3v) is 2.33. The van der Waals surface area contributed by atoms with E-state index in [9.17, 15) is 0 Å². The zero-order valence-electron chi connectivity index (χ0n) is 10.5. The van der Waals surface area contributed by atoms with Gasteiger partial charge in [-0.15, -0.1) is 0 Å². The lowest BCUT2D eigenvalue weighted by atomic mass is 10.2. The minimum atomic E-state index is 0.212. The van der Waals surface area contributed by atoms with Crippen molar-refractivity contribution in [2.45, 2.75) is 39.8 Å². The van der Waals surface area contributed by atoms with Gasteiger partial charge in [-0.05, 0) is 27.7 Å². The maximum atomic E-state index is 5.46. The van der Waals surface area contributed by atoms with Gasteiger partial charge < -0.3 is 10.1 Å². The number of nitrogens with one attached hydrogen (secondary N) is 1. The average Bonchev–Trinajstić information content (AvgIpc) is 2.24. The van der Waals surface area contributed by atoms with E-state index < -0.39 is 0 Å². The number of ether oxygens (including phenoxy) is 1. The molecule has 0 aromatic carbocycles. The normalized spacial score (nSPS) is 13.1. The topological polar surface area (TPSA) is 47.0 Å².